The van der Waals surface area contributed by atoms with Gasteiger partial charge in [-0.05, 0) is 64.2 Å². The number of carbonyl (C=O) groups excluding carboxylic acids is 1. The van der Waals surface area contributed by atoms with Crippen molar-refractivity contribution in [2.75, 3.05) is 0 Å². The number of nitrogens with zero attached hydrogens (tertiary/aromatic N) is 1. The van der Waals surface area contributed by atoms with E-state index in [4.69, 9.17) is 9.72 Å². The molecule has 2 N–H and O–H groups in total. The SMILES string of the molecule is CC(C)(C)OC(=O)N[C@H]1CCC[C@@H]1c1nc2c([nH]1)CCc1cc(Br)ccc1-2. The van der Waals surface area contributed by atoms with Crippen LogP contribution in [-0.4, -0.2) is 27.7 Å². The van der Waals surface area contributed by atoms with Crippen molar-refractivity contribution in [3.63, 3.8) is 0 Å². The van der Waals surface area contributed by atoms with E-state index in [0.29, 0.717) is 0 Å². The first-order valence-electron chi connectivity index (χ1n) is 9.67. The van der Waals surface area contributed by atoms with Crippen molar-refractivity contribution in [3.8, 4) is 11.3 Å². The summed E-state index contributed by atoms with van der Waals surface area (Å²) in [5.41, 5.74) is 4.35. The molecule has 27 heavy (non-hydrogen) atoms. The van der Waals surface area contributed by atoms with Crippen LogP contribution >= 0.6 is 15.9 Å². The van der Waals surface area contributed by atoms with Crippen LogP contribution in [0.2, 0.25) is 0 Å². The van der Waals surface area contributed by atoms with Gasteiger partial charge in [0.15, 0.2) is 0 Å². The summed E-state index contributed by atoms with van der Waals surface area (Å²) in [5, 5.41) is 3.06. The fraction of sp³-hybridized carbons (Fsp3) is 0.524. The first-order chi connectivity index (χ1) is 12.8. The minimum atomic E-state index is -0.486. The number of nitrogens with one attached hydrogen (secondary N) is 2. The molecule has 2 aliphatic rings. The second-order valence-corrected chi connectivity index (χ2v) is 9.46. The molecule has 5 nitrogen and oxygen atoms in total. The molecule has 4 rings (SSSR count). The minimum Gasteiger partial charge on any atom is -0.444 e. The van der Waals surface area contributed by atoms with Crippen LogP contribution < -0.4 is 5.32 Å². The fourth-order valence-corrected chi connectivity index (χ4v) is 4.60. The highest BCUT2D eigenvalue weighted by Crippen LogP contribution is 2.38. The number of aromatic nitrogens is 2. The highest BCUT2D eigenvalue weighted by molar-refractivity contribution is 9.10. The van der Waals surface area contributed by atoms with Crippen LogP contribution in [0, 0.1) is 0 Å². The van der Waals surface area contributed by atoms with E-state index in [9.17, 15) is 4.79 Å². The van der Waals surface area contributed by atoms with Crippen LogP contribution in [0.1, 0.15) is 63.0 Å². The number of imidazole rings is 1. The molecule has 1 fully saturated rings. The average molecular weight is 432 g/mol. The van der Waals surface area contributed by atoms with E-state index in [-0.39, 0.29) is 18.1 Å². The summed E-state index contributed by atoms with van der Waals surface area (Å²) in [6.07, 6.45) is 4.72. The van der Waals surface area contributed by atoms with Crippen LogP contribution in [0.25, 0.3) is 11.3 Å². The number of aromatic amines is 1. The Hall–Kier alpha value is -1.82. The number of rotatable bonds is 2. The summed E-state index contributed by atoms with van der Waals surface area (Å²) in [6.45, 7) is 5.65. The lowest BCUT2D eigenvalue weighted by Crippen LogP contribution is -2.40. The molecular weight excluding hydrogens is 406 g/mol. The maximum atomic E-state index is 12.2. The van der Waals surface area contributed by atoms with E-state index >= 15 is 0 Å². The van der Waals surface area contributed by atoms with Gasteiger partial charge in [-0.25, -0.2) is 9.78 Å². The van der Waals surface area contributed by atoms with Crippen LogP contribution in [0.15, 0.2) is 22.7 Å². The number of H-pyrrole nitrogens is 1. The third-order valence-corrected chi connectivity index (χ3v) is 5.83. The van der Waals surface area contributed by atoms with E-state index in [1.54, 1.807) is 0 Å². The zero-order chi connectivity index (χ0) is 19.2. The topological polar surface area (TPSA) is 67.0 Å². The summed E-state index contributed by atoms with van der Waals surface area (Å²) < 4.78 is 6.55. The molecule has 6 heteroatoms. The van der Waals surface area contributed by atoms with Gasteiger partial charge < -0.3 is 15.0 Å². The van der Waals surface area contributed by atoms with Gasteiger partial charge in [0.1, 0.15) is 11.4 Å². The van der Waals surface area contributed by atoms with E-state index in [2.05, 4.69) is 44.4 Å². The molecule has 0 saturated heterocycles. The highest BCUT2D eigenvalue weighted by atomic mass is 79.9. The predicted molar refractivity (Wildman–Crippen MR) is 109 cm³/mol. The predicted octanol–water partition coefficient (Wildman–Crippen LogP) is 5.10. The van der Waals surface area contributed by atoms with Crippen LogP contribution in [0.5, 0.6) is 0 Å². The molecule has 1 aromatic heterocycles. The molecule has 0 bridgehead atoms. The molecule has 1 heterocycles. The van der Waals surface area contributed by atoms with Crippen molar-refractivity contribution in [1.29, 1.82) is 0 Å². The molecule has 0 radical (unpaired) electrons. The molecule has 0 spiro atoms. The van der Waals surface area contributed by atoms with Crippen LogP contribution in [0.4, 0.5) is 4.79 Å². The largest absolute Gasteiger partial charge is 0.444 e. The monoisotopic (exact) mass is 431 g/mol. The molecule has 2 atom stereocenters. The summed E-state index contributed by atoms with van der Waals surface area (Å²) in [6, 6.07) is 6.48. The number of aryl methyl sites for hydroxylation is 2. The van der Waals surface area contributed by atoms with Gasteiger partial charge in [-0.15, -0.1) is 0 Å². The smallest absolute Gasteiger partial charge is 0.407 e. The van der Waals surface area contributed by atoms with Gasteiger partial charge in [0, 0.05) is 27.7 Å². The fourth-order valence-electron chi connectivity index (χ4n) is 4.19. The van der Waals surface area contributed by atoms with E-state index < -0.39 is 5.60 Å². The van der Waals surface area contributed by atoms with Gasteiger partial charge in [-0.2, -0.15) is 0 Å². The van der Waals surface area contributed by atoms with E-state index in [1.807, 2.05) is 20.8 Å². The second kappa shape index (κ2) is 6.97. The molecule has 0 aliphatic heterocycles. The summed E-state index contributed by atoms with van der Waals surface area (Å²) in [7, 11) is 0. The van der Waals surface area contributed by atoms with Crippen molar-refractivity contribution in [3.05, 3.63) is 39.8 Å². The number of hydrogen-bond donors (Lipinski definition) is 2. The van der Waals surface area contributed by atoms with E-state index in [1.165, 1.54) is 16.8 Å². The third-order valence-electron chi connectivity index (χ3n) is 5.33. The van der Waals surface area contributed by atoms with Gasteiger partial charge >= 0.3 is 6.09 Å². The summed E-state index contributed by atoms with van der Waals surface area (Å²) in [5.74, 6) is 1.20. The lowest BCUT2D eigenvalue weighted by atomic mass is 9.92. The lowest BCUT2D eigenvalue weighted by molar-refractivity contribution is 0.0500. The maximum Gasteiger partial charge on any atom is 0.407 e. The lowest BCUT2D eigenvalue weighted by Gasteiger charge is -2.24. The Morgan fingerprint density at radius 1 is 1.30 bits per heavy atom. The van der Waals surface area contributed by atoms with Crippen LogP contribution in [-0.2, 0) is 17.6 Å². The first kappa shape index (κ1) is 18.5. The Labute approximate surface area is 168 Å². The number of alkyl carbamates (subject to hydrolysis) is 1. The van der Waals surface area contributed by atoms with Gasteiger partial charge in [0.25, 0.3) is 0 Å². The Morgan fingerprint density at radius 3 is 2.89 bits per heavy atom. The molecule has 2 aromatic rings. The summed E-state index contributed by atoms with van der Waals surface area (Å²) in [4.78, 5) is 20.8. The van der Waals surface area contributed by atoms with Gasteiger partial charge in [0.2, 0.25) is 0 Å². The van der Waals surface area contributed by atoms with Crippen molar-refractivity contribution in [1.82, 2.24) is 15.3 Å². The van der Waals surface area contributed by atoms with E-state index in [0.717, 1.165) is 48.1 Å². The molecule has 1 amide bonds. The quantitative estimate of drug-likeness (QED) is 0.694. The number of halogens is 1. The second-order valence-electron chi connectivity index (χ2n) is 8.54. The van der Waals surface area contributed by atoms with Crippen molar-refractivity contribution >= 4 is 22.0 Å². The normalized spacial score (nSPS) is 21.5. The van der Waals surface area contributed by atoms with Gasteiger partial charge in [0.05, 0.1) is 5.69 Å². The third kappa shape index (κ3) is 3.91. The number of hydrogen-bond acceptors (Lipinski definition) is 3. The zero-order valence-corrected chi connectivity index (χ0v) is 17.6. The van der Waals surface area contributed by atoms with Gasteiger partial charge in [-0.1, -0.05) is 28.4 Å². The average Bonchev–Trinajstić information content (AvgIpc) is 3.18. The molecule has 2 aliphatic carbocycles. The number of amides is 1. The first-order valence-corrected chi connectivity index (χ1v) is 10.5. The summed E-state index contributed by atoms with van der Waals surface area (Å²) >= 11 is 3.56. The van der Waals surface area contributed by atoms with Crippen LogP contribution in [0.3, 0.4) is 0 Å². The molecule has 1 saturated carbocycles. The Morgan fingerprint density at radius 2 is 2.11 bits per heavy atom. The van der Waals surface area contributed by atoms with Crippen molar-refractivity contribution in [2.24, 2.45) is 0 Å². The zero-order valence-electron chi connectivity index (χ0n) is 16.1. The number of carbonyl (C=O) groups is 1. The molecular formula is C21H26BrN3O2. The molecule has 144 valence electrons. The number of benzene rings is 1. The van der Waals surface area contributed by atoms with Crippen molar-refractivity contribution < 1.29 is 9.53 Å². The molecule has 0 unspecified atom stereocenters. The highest BCUT2D eigenvalue weighted by Gasteiger charge is 2.34. The van der Waals surface area contributed by atoms with Gasteiger partial charge in [-0.3, -0.25) is 0 Å². The number of fused-ring (bicyclic) bond motifs is 3. The Bertz CT molecular complexity index is 869. The minimum absolute atomic E-state index is 0.0665. The Kier molecular flexibility index (Phi) is 4.78. The Balaban J connectivity index is 1.56. The number of ether oxygens (including phenoxy) is 1. The molecule has 1 aromatic carbocycles. The standard InChI is InChI=1S/C21H26BrN3O2/c1-21(2,3)27-20(26)24-16-6-4-5-15(16)19-23-17-10-7-12-11-13(22)8-9-14(12)18(17)25-19/h8-9,11,15-16H,4-7,10H2,1-3H3,(H,23,25)(H,24,26)/t15-,16-/m0/s1. The maximum absolute atomic E-state index is 12.2. The van der Waals surface area contributed by atoms with Crippen molar-refractivity contribution in [2.45, 2.75) is 70.4 Å².